The lowest BCUT2D eigenvalue weighted by Crippen LogP contribution is -2.32. The predicted molar refractivity (Wildman–Crippen MR) is 117 cm³/mol. The van der Waals surface area contributed by atoms with Gasteiger partial charge in [-0.15, -0.1) is 11.8 Å². The van der Waals surface area contributed by atoms with Crippen LogP contribution in [0.5, 0.6) is 11.5 Å². The quantitative estimate of drug-likeness (QED) is 0.526. The Morgan fingerprint density at radius 3 is 2.39 bits per heavy atom. The zero-order valence-electron chi connectivity index (χ0n) is 17.9. The molecule has 0 spiro atoms. The number of ether oxygens (including phenoxy) is 2. The van der Waals surface area contributed by atoms with Crippen molar-refractivity contribution in [2.45, 2.75) is 44.1 Å². The van der Waals surface area contributed by atoms with Crippen LogP contribution in [0.2, 0.25) is 0 Å². The maximum atomic E-state index is 12.8. The number of nitrogens with one attached hydrogen (secondary N) is 1. The number of carbonyl (C=O) groups is 2. The van der Waals surface area contributed by atoms with E-state index in [2.05, 4.69) is 10.1 Å². The zero-order chi connectivity index (χ0) is 23.0. The molecule has 0 bridgehead atoms. The van der Waals surface area contributed by atoms with E-state index in [1.807, 2.05) is 19.1 Å². The Morgan fingerprint density at radius 2 is 1.81 bits per heavy atom. The molecule has 2 rings (SSSR count). The van der Waals surface area contributed by atoms with Gasteiger partial charge in [0.25, 0.3) is 0 Å². The van der Waals surface area contributed by atoms with Crippen LogP contribution in [-0.4, -0.2) is 42.2 Å². The lowest BCUT2D eigenvalue weighted by molar-refractivity contribution is -0.129. The van der Waals surface area contributed by atoms with Gasteiger partial charge >= 0.3 is 6.61 Å². The van der Waals surface area contributed by atoms with Crippen LogP contribution in [0, 0.1) is 0 Å². The van der Waals surface area contributed by atoms with Gasteiger partial charge in [-0.1, -0.05) is 6.07 Å². The van der Waals surface area contributed by atoms with Crippen LogP contribution in [-0.2, 0) is 16.1 Å². The average molecular weight is 453 g/mol. The van der Waals surface area contributed by atoms with Gasteiger partial charge in [0.2, 0.25) is 11.8 Å². The monoisotopic (exact) mass is 452 g/mol. The molecule has 2 aromatic carbocycles. The molecular formula is C22H26F2N2O4S. The van der Waals surface area contributed by atoms with Crippen molar-refractivity contribution in [3.05, 3.63) is 48.0 Å². The van der Waals surface area contributed by atoms with Crippen molar-refractivity contribution in [3.8, 4) is 11.5 Å². The highest BCUT2D eigenvalue weighted by Gasteiger charge is 2.20. The highest BCUT2D eigenvalue weighted by molar-refractivity contribution is 8.00. The number of rotatable bonds is 10. The van der Waals surface area contributed by atoms with Crippen LogP contribution >= 0.6 is 11.8 Å². The van der Waals surface area contributed by atoms with E-state index in [1.54, 1.807) is 43.1 Å². The summed E-state index contributed by atoms with van der Waals surface area (Å²) < 4.78 is 35.0. The normalized spacial score (nSPS) is 11.7. The molecule has 0 saturated carbocycles. The van der Waals surface area contributed by atoms with Crippen LogP contribution in [0.1, 0.15) is 26.3 Å². The number of amides is 2. The van der Waals surface area contributed by atoms with Crippen molar-refractivity contribution in [2.24, 2.45) is 0 Å². The maximum absolute atomic E-state index is 12.8. The fourth-order valence-electron chi connectivity index (χ4n) is 2.85. The van der Waals surface area contributed by atoms with Crippen LogP contribution < -0.4 is 14.8 Å². The van der Waals surface area contributed by atoms with Crippen molar-refractivity contribution in [3.63, 3.8) is 0 Å². The maximum Gasteiger partial charge on any atom is 0.387 e. The number of benzene rings is 2. The number of anilines is 1. The first-order valence-electron chi connectivity index (χ1n) is 9.69. The third-order valence-electron chi connectivity index (χ3n) is 4.16. The van der Waals surface area contributed by atoms with Crippen molar-refractivity contribution in [1.82, 2.24) is 4.90 Å². The van der Waals surface area contributed by atoms with E-state index in [4.69, 9.17) is 4.74 Å². The molecule has 9 heteroatoms. The van der Waals surface area contributed by atoms with E-state index in [-0.39, 0.29) is 28.6 Å². The molecule has 2 aromatic rings. The first-order chi connectivity index (χ1) is 14.7. The molecule has 1 atom stereocenters. The Labute approximate surface area is 184 Å². The summed E-state index contributed by atoms with van der Waals surface area (Å²) >= 11 is 1.41. The lowest BCUT2D eigenvalue weighted by Gasteiger charge is -2.22. The molecule has 0 heterocycles. The molecule has 0 saturated heterocycles. The van der Waals surface area contributed by atoms with E-state index in [9.17, 15) is 18.4 Å². The fraction of sp³-hybridized carbons (Fsp3) is 0.364. The minimum Gasteiger partial charge on any atom is -0.490 e. The van der Waals surface area contributed by atoms with Crippen molar-refractivity contribution < 1.29 is 27.8 Å². The Balaban J connectivity index is 2.00. The molecule has 31 heavy (non-hydrogen) atoms. The predicted octanol–water partition coefficient (Wildman–Crippen LogP) is 4.78. The molecule has 6 nitrogen and oxygen atoms in total. The fourth-order valence-corrected chi connectivity index (χ4v) is 3.83. The molecule has 0 aliphatic heterocycles. The second kappa shape index (κ2) is 11.5. The summed E-state index contributed by atoms with van der Waals surface area (Å²) in [6, 6.07) is 11.9. The molecular weight excluding hydrogens is 426 g/mol. The Hall–Kier alpha value is -2.81. The van der Waals surface area contributed by atoms with Gasteiger partial charge in [-0.3, -0.25) is 9.59 Å². The topological polar surface area (TPSA) is 67.9 Å². The number of halogens is 2. The minimum absolute atomic E-state index is 0.0405. The Bertz CT molecular complexity index is 894. The Morgan fingerprint density at radius 1 is 1.13 bits per heavy atom. The smallest absolute Gasteiger partial charge is 0.387 e. The molecule has 168 valence electrons. The summed E-state index contributed by atoms with van der Waals surface area (Å²) in [6.07, 6.45) is 0. The number of hydrogen-bond acceptors (Lipinski definition) is 5. The van der Waals surface area contributed by atoms with E-state index in [0.717, 1.165) is 10.5 Å². The molecule has 0 fully saturated rings. The zero-order valence-corrected chi connectivity index (χ0v) is 18.7. The summed E-state index contributed by atoms with van der Waals surface area (Å²) in [7, 11) is 1.68. The summed E-state index contributed by atoms with van der Waals surface area (Å²) in [5.41, 5.74) is 1.43. The highest BCUT2D eigenvalue weighted by atomic mass is 32.2. The molecule has 1 N–H and O–H groups in total. The molecule has 0 aliphatic rings. The first-order valence-corrected chi connectivity index (χ1v) is 10.6. The van der Waals surface area contributed by atoms with Gasteiger partial charge in [0.1, 0.15) is 0 Å². The Kier molecular flexibility index (Phi) is 9.11. The third kappa shape index (κ3) is 7.75. The van der Waals surface area contributed by atoms with E-state index < -0.39 is 6.61 Å². The molecule has 0 aromatic heterocycles. The third-order valence-corrected chi connectivity index (χ3v) is 5.25. The van der Waals surface area contributed by atoms with Crippen LogP contribution in [0.4, 0.5) is 14.5 Å². The second-order valence-electron chi connectivity index (χ2n) is 6.75. The lowest BCUT2D eigenvalue weighted by atomic mass is 10.2. The molecule has 1 unspecified atom stereocenters. The highest BCUT2D eigenvalue weighted by Crippen LogP contribution is 2.31. The van der Waals surface area contributed by atoms with Gasteiger partial charge in [-0.25, -0.2) is 0 Å². The van der Waals surface area contributed by atoms with E-state index in [0.29, 0.717) is 18.8 Å². The van der Waals surface area contributed by atoms with Crippen LogP contribution in [0.3, 0.4) is 0 Å². The summed E-state index contributed by atoms with van der Waals surface area (Å²) in [4.78, 5) is 26.3. The van der Waals surface area contributed by atoms with Gasteiger partial charge in [0, 0.05) is 31.1 Å². The van der Waals surface area contributed by atoms with Crippen LogP contribution in [0.25, 0.3) is 0 Å². The average Bonchev–Trinajstić information content (AvgIpc) is 2.70. The summed E-state index contributed by atoms with van der Waals surface area (Å²) in [6.45, 7) is 2.65. The second-order valence-corrected chi connectivity index (χ2v) is 8.17. The molecule has 0 aliphatic carbocycles. The van der Waals surface area contributed by atoms with Gasteiger partial charge in [0.15, 0.2) is 11.5 Å². The first kappa shape index (κ1) is 24.5. The van der Waals surface area contributed by atoms with Crippen molar-refractivity contribution >= 4 is 29.3 Å². The standard InChI is InChI=1S/C22H26F2N2O4S/c1-5-29-20-12-16(6-11-19(20)30-22(23)24)13-26(4)21(28)14(2)31-18-9-7-17(8-10-18)25-15(3)27/h6-12,14,22H,5,13H2,1-4H3,(H,25,27). The van der Waals surface area contributed by atoms with Crippen molar-refractivity contribution in [2.75, 3.05) is 19.0 Å². The van der Waals surface area contributed by atoms with Crippen LogP contribution in [0.15, 0.2) is 47.4 Å². The SMILES string of the molecule is CCOc1cc(CN(C)C(=O)C(C)Sc2ccc(NC(C)=O)cc2)ccc1OC(F)F. The van der Waals surface area contributed by atoms with E-state index >= 15 is 0 Å². The number of thioether (sulfide) groups is 1. The number of carbonyl (C=O) groups excluding carboxylic acids is 2. The van der Waals surface area contributed by atoms with Gasteiger partial charge in [0.05, 0.1) is 11.9 Å². The number of hydrogen-bond donors (Lipinski definition) is 1. The largest absolute Gasteiger partial charge is 0.490 e. The summed E-state index contributed by atoms with van der Waals surface area (Å²) in [5.74, 6) is -0.0577. The van der Waals surface area contributed by atoms with Gasteiger partial charge < -0.3 is 19.7 Å². The molecule has 0 radical (unpaired) electrons. The van der Waals surface area contributed by atoms with E-state index in [1.165, 1.54) is 24.8 Å². The molecule has 2 amide bonds. The van der Waals surface area contributed by atoms with Gasteiger partial charge in [-0.2, -0.15) is 8.78 Å². The number of alkyl halides is 2. The summed E-state index contributed by atoms with van der Waals surface area (Å²) in [5, 5.41) is 2.35. The van der Waals surface area contributed by atoms with Crippen molar-refractivity contribution in [1.29, 1.82) is 0 Å². The minimum atomic E-state index is -2.94. The number of nitrogens with zero attached hydrogens (tertiary/aromatic N) is 1. The van der Waals surface area contributed by atoms with Gasteiger partial charge in [-0.05, 0) is 55.8 Å².